The van der Waals surface area contributed by atoms with Crippen LogP contribution in [0.1, 0.15) is 162 Å². The highest BCUT2D eigenvalue weighted by atomic mass is 16.6. The number of likely N-dealkylation sites (N-methyl/N-ethyl adjacent to an activating group) is 1. The number of carbonyl (C=O) groups is 3. The van der Waals surface area contributed by atoms with Crippen molar-refractivity contribution < 1.29 is 38.2 Å². The van der Waals surface area contributed by atoms with Gasteiger partial charge < -0.3 is 28.6 Å². The van der Waals surface area contributed by atoms with E-state index in [1.165, 1.54) is 89.9 Å². The number of rotatable bonds is 32. The van der Waals surface area contributed by atoms with Gasteiger partial charge in [0, 0.05) is 19.3 Å². The summed E-state index contributed by atoms with van der Waals surface area (Å²) in [5.74, 6) is -1.73. The average Bonchev–Trinajstić information content (AvgIpc) is 2.96. The second kappa shape index (κ2) is 28.8. The predicted octanol–water partition coefficient (Wildman–Crippen LogP) is 7.29. The van der Waals surface area contributed by atoms with Crippen molar-refractivity contribution in [2.75, 3.05) is 41.0 Å². The first-order valence-electron chi connectivity index (χ1n) is 18.1. The van der Waals surface area contributed by atoms with Gasteiger partial charge in [0.25, 0.3) is 0 Å². The van der Waals surface area contributed by atoms with Gasteiger partial charge in [-0.3, -0.25) is 9.59 Å². The molecule has 0 bridgehead atoms. The van der Waals surface area contributed by atoms with Gasteiger partial charge in [-0.1, -0.05) is 129 Å². The summed E-state index contributed by atoms with van der Waals surface area (Å²) >= 11 is 0. The van der Waals surface area contributed by atoms with Crippen LogP contribution in [0.4, 0.5) is 0 Å². The van der Waals surface area contributed by atoms with Gasteiger partial charge in [-0.05, 0) is 12.8 Å². The first kappa shape index (κ1) is 42.3. The Bertz CT molecular complexity index is 707. The molecule has 0 N–H and O–H groups in total. The lowest BCUT2D eigenvalue weighted by molar-refractivity contribution is -0.889. The Kier molecular flexibility index (Phi) is 27.7. The molecule has 260 valence electrons. The van der Waals surface area contributed by atoms with E-state index in [9.17, 15) is 19.5 Å². The summed E-state index contributed by atoms with van der Waals surface area (Å²) in [4.78, 5) is 36.4. The van der Waals surface area contributed by atoms with Crippen molar-refractivity contribution in [2.45, 2.75) is 174 Å². The third-order valence-electron chi connectivity index (χ3n) is 8.24. The van der Waals surface area contributed by atoms with E-state index in [0.717, 1.165) is 38.5 Å². The number of esters is 2. The topological polar surface area (TPSA) is 102 Å². The number of unbranched alkanes of at least 4 members (excludes halogenated alkanes) is 18. The Morgan fingerprint density at radius 3 is 1.41 bits per heavy atom. The fourth-order valence-electron chi connectivity index (χ4n) is 5.36. The summed E-state index contributed by atoms with van der Waals surface area (Å²) in [6.45, 7) is 4.62. The van der Waals surface area contributed by atoms with Crippen LogP contribution >= 0.6 is 0 Å². The number of carboxylic acid groups (broad SMARTS) is 1. The van der Waals surface area contributed by atoms with Crippen LogP contribution in [-0.4, -0.2) is 75.5 Å². The van der Waals surface area contributed by atoms with Crippen molar-refractivity contribution in [3.8, 4) is 0 Å². The number of ether oxygens (including phenoxy) is 3. The van der Waals surface area contributed by atoms with Crippen molar-refractivity contribution in [3.63, 3.8) is 0 Å². The molecule has 0 aliphatic rings. The number of nitrogens with zero attached hydrogens (tertiary/aromatic N) is 1. The van der Waals surface area contributed by atoms with Crippen LogP contribution in [-0.2, 0) is 28.6 Å². The Hall–Kier alpha value is -1.67. The molecule has 0 aliphatic carbocycles. The molecule has 2 unspecified atom stereocenters. The summed E-state index contributed by atoms with van der Waals surface area (Å²) in [6, 6.07) is -0.716. The lowest BCUT2D eigenvalue weighted by Crippen LogP contribution is -2.55. The minimum atomic E-state index is -1.12. The molecule has 0 heterocycles. The highest BCUT2D eigenvalue weighted by molar-refractivity contribution is 5.70. The molecule has 0 aromatic carbocycles. The number of carbonyl (C=O) groups excluding carboxylic acids is 3. The Labute approximate surface area is 270 Å². The fourth-order valence-corrected chi connectivity index (χ4v) is 5.36. The Morgan fingerprint density at radius 2 is 1.00 bits per heavy atom. The smallest absolute Gasteiger partial charge is 0.306 e. The summed E-state index contributed by atoms with van der Waals surface area (Å²) in [5.41, 5.74) is 0. The summed E-state index contributed by atoms with van der Waals surface area (Å²) in [5, 5.41) is 11.5. The fraction of sp³-hybridized carbons (Fsp3) is 0.917. The standard InChI is InChI=1S/C36H69NO7/c1-6-8-10-12-14-16-17-18-19-21-22-24-26-34(38)43-31-32(30-42-29-28-33(36(40)41)37(3,4)5)44-35(39)27-25-23-20-15-13-11-9-7-2/h32-33H,6-31H2,1-5H3. The molecule has 8 heteroatoms. The van der Waals surface area contributed by atoms with E-state index in [1.54, 1.807) is 21.1 Å². The number of hydrogen-bond donors (Lipinski definition) is 0. The molecule has 0 fully saturated rings. The van der Waals surface area contributed by atoms with Gasteiger partial charge in [0.05, 0.1) is 40.3 Å². The predicted molar refractivity (Wildman–Crippen MR) is 176 cm³/mol. The zero-order valence-electron chi connectivity index (χ0n) is 29.3. The minimum absolute atomic E-state index is 0.0476. The maximum Gasteiger partial charge on any atom is 0.306 e. The molecule has 0 radical (unpaired) electrons. The first-order chi connectivity index (χ1) is 21.1. The van der Waals surface area contributed by atoms with Crippen LogP contribution in [0.5, 0.6) is 0 Å². The Morgan fingerprint density at radius 1 is 0.591 bits per heavy atom. The number of hydrogen-bond acceptors (Lipinski definition) is 7. The van der Waals surface area contributed by atoms with Crippen LogP contribution in [0.25, 0.3) is 0 Å². The molecule has 0 aromatic rings. The van der Waals surface area contributed by atoms with Gasteiger partial charge in [-0.25, -0.2) is 0 Å². The average molecular weight is 628 g/mol. The van der Waals surface area contributed by atoms with Gasteiger partial charge in [0.15, 0.2) is 6.10 Å². The van der Waals surface area contributed by atoms with Crippen molar-refractivity contribution in [3.05, 3.63) is 0 Å². The maximum absolute atomic E-state index is 12.5. The molecule has 0 aromatic heterocycles. The molecule has 2 atom stereocenters. The highest BCUT2D eigenvalue weighted by Gasteiger charge is 2.25. The van der Waals surface area contributed by atoms with Crippen LogP contribution in [0.15, 0.2) is 0 Å². The Balaban J connectivity index is 4.40. The van der Waals surface area contributed by atoms with Gasteiger partial charge in [-0.2, -0.15) is 0 Å². The van der Waals surface area contributed by atoms with Gasteiger partial charge >= 0.3 is 11.9 Å². The first-order valence-corrected chi connectivity index (χ1v) is 18.1. The molecule has 0 saturated heterocycles. The third kappa shape index (κ3) is 26.7. The monoisotopic (exact) mass is 628 g/mol. The highest BCUT2D eigenvalue weighted by Crippen LogP contribution is 2.14. The summed E-state index contributed by atoms with van der Waals surface area (Å²) in [6.07, 6.45) is 24.1. The molecule has 0 spiro atoms. The van der Waals surface area contributed by atoms with Crippen molar-refractivity contribution in [1.29, 1.82) is 0 Å². The van der Waals surface area contributed by atoms with E-state index < -0.39 is 18.1 Å². The minimum Gasteiger partial charge on any atom is -0.544 e. The lowest BCUT2D eigenvalue weighted by atomic mass is 10.0. The molecular formula is C36H69NO7. The van der Waals surface area contributed by atoms with Gasteiger partial charge in [0.2, 0.25) is 0 Å². The number of carboxylic acids is 1. The quantitative estimate of drug-likeness (QED) is 0.0438. The molecule has 44 heavy (non-hydrogen) atoms. The number of quaternary nitrogens is 1. The van der Waals surface area contributed by atoms with Crippen molar-refractivity contribution >= 4 is 17.9 Å². The van der Waals surface area contributed by atoms with E-state index in [0.29, 0.717) is 12.8 Å². The lowest BCUT2D eigenvalue weighted by Gasteiger charge is -2.34. The molecule has 0 rings (SSSR count). The third-order valence-corrected chi connectivity index (χ3v) is 8.24. The second-order valence-electron chi connectivity index (χ2n) is 13.5. The molecule has 0 aliphatic heterocycles. The SMILES string of the molecule is CCCCCCCCCCCCCCC(=O)OCC(COCCC(C(=O)[O-])[N+](C)(C)C)OC(=O)CCCCCCCCCC. The second-order valence-corrected chi connectivity index (χ2v) is 13.5. The zero-order chi connectivity index (χ0) is 32.9. The molecule has 0 saturated carbocycles. The zero-order valence-corrected chi connectivity index (χ0v) is 29.3. The van der Waals surface area contributed by atoms with Crippen LogP contribution in [0.2, 0.25) is 0 Å². The van der Waals surface area contributed by atoms with Crippen LogP contribution in [0.3, 0.4) is 0 Å². The van der Waals surface area contributed by atoms with Gasteiger partial charge in [-0.15, -0.1) is 0 Å². The van der Waals surface area contributed by atoms with Crippen LogP contribution < -0.4 is 5.11 Å². The van der Waals surface area contributed by atoms with Crippen LogP contribution in [0, 0.1) is 0 Å². The van der Waals surface area contributed by atoms with E-state index in [4.69, 9.17) is 14.2 Å². The van der Waals surface area contributed by atoms with E-state index >= 15 is 0 Å². The van der Waals surface area contributed by atoms with Crippen molar-refractivity contribution in [1.82, 2.24) is 0 Å². The van der Waals surface area contributed by atoms with E-state index in [2.05, 4.69) is 13.8 Å². The van der Waals surface area contributed by atoms with Crippen molar-refractivity contribution in [2.24, 2.45) is 0 Å². The molecular weight excluding hydrogens is 558 g/mol. The van der Waals surface area contributed by atoms with Gasteiger partial charge in [0.1, 0.15) is 12.6 Å². The molecule has 8 nitrogen and oxygen atoms in total. The molecule has 0 amide bonds. The maximum atomic E-state index is 12.5. The number of aliphatic carboxylic acids is 1. The van der Waals surface area contributed by atoms with E-state index in [1.807, 2.05) is 0 Å². The normalized spacial score (nSPS) is 13.0. The summed E-state index contributed by atoms with van der Waals surface area (Å²) < 4.78 is 17.0. The largest absolute Gasteiger partial charge is 0.544 e. The van der Waals surface area contributed by atoms with E-state index in [-0.39, 0.29) is 42.7 Å². The summed E-state index contributed by atoms with van der Waals surface area (Å²) in [7, 11) is 5.39.